The van der Waals surface area contributed by atoms with Gasteiger partial charge in [0.05, 0.1) is 5.56 Å². The highest BCUT2D eigenvalue weighted by molar-refractivity contribution is 7.91. The van der Waals surface area contributed by atoms with E-state index < -0.39 is 17.6 Å². The fraction of sp³-hybridized carbons (Fsp3) is 0.542. The molecule has 0 amide bonds. The van der Waals surface area contributed by atoms with Gasteiger partial charge in [0.25, 0.3) is 6.43 Å². The monoisotopic (exact) mass is 490 g/mol. The van der Waals surface area contributed by atoms with E-state index in [9.17, 15) is 13.3 Å². The fourth-order valence-corrected chi connectivity index (χ4v) is 5.86. The molecular formula is C24H32F2N6OS. The molecule has 3 N–H and O–H groups in total. The second-order valence-electron chi connectivity index (χ2n) is 9.50. The summed E-state index contributed by atoms with van der Waals surface area (Å²) in [5, 5.41) is 14.6. The lowest BCUT2D eigenvalue weighted by molar-refractivity contribution is 0.151. The number of halogens is 2. The molecule has 0 atom stereocenters. The van der Waals surface area contributed by atoms with Crippen molar-refractivity contribution >= 4 is 40.7 Å². The largest absolute Gasteiger partial charge is 0.616 e. The molecule has 4 rings (SSSR count). The Morgan fingerprint density at radius 2 is 1.97 bits per heavy atom. The molecule has 1 aromatic carbocycles. The molecule has 2 aliphatic rings. The Kier molecular flexibility index (Phi) is 7.88. The standard InChI is InChI=1S/C24H32F2N6OS/c1-15(2)10-16-13-32(14-16)23-20(12-27)22(28-19-5-3-4-17(11-19)21(25)26)30-24(31-23)29-18-6-8-34(33)9-7-18/h3-5,11-12,15-16,18,21,27H,6-10,13-14H2,1-2H3,(H2,28,29,30,31). The molecule has 0 bridgehead atoms. The van der Waals surface area contributed by atoms with Gasteiger partial charge in [-0.2, -0.15) is 9.97 Å². The number of aromatic nitrogens is 2. The fourth-order valence-electron chi connectivity index (χ4n) is 4.56. The van der Waals surface area contributed by atoms with Crippen molar-refractivity contribution in [2.75, 3.05) is 40.1 Å². The number of hydrogen-bond donors (Lipinski definition) is 3. The molecule has 34 heavy (non-hydrogen) atoms. The molecule has 10 heteroatoms. The predicted octanol–water partition coefficient (Wildman–Crippen LogP) is 4.96. The molecule has 0 aliphatic carbocycles. The maximum absolute atomic E-state index is 13.2. The summed E-state index contributed by atoms with van der Waals surface area (Å²) >= 11 is -0.767. The van der Waals surface area contributed by atoms with Crippen molar-refractivity contribution < 1.29 is 13.3 Å². The van der Waals surface area contributed by atoms with Gasteiger partial charge in [-0.05, 0) is 30.4 Å². The molecule has 2 saturated heterocycles. The number of benzene rings is 1. The SMILES string of the molecule is CC(C)CC1CN(c2nc(NC3CC[S+]([O-])CC3)nc(Nc3cccc(C(F)F)c3)c2C=N)C1. The Labute approximate surface area is 202 Å². The minimum atomic E-state index is -2.57. The molecule has 0 spiro atoms. The van der Waals surface area contributed by atoms with Crippen LogP contribution in [0.1, 0.15) is 50.7 Å². The first-order valence-corrected chi connectivity index (χ1v) is 13.2. The summed E-state index contributed by atoms with van der Waals surface area (Å²) in [5.74, 6) is 4.00. The minimum absolute atomic E-state index is 0.0801. The maximum Gasteiger partial charge on any atom is 0.263 e. The van der Waals surface area contributed by atoms with Gasteiger partial charge in [0, 0.05) is 49.4 Å². The Balaban J connectivity index is 1.63. The van der Waals surface area contributed by atoms with Gasteiger partial charge in [0.15, 0.2) is 0 Å². The van der Waals surface area contributed by atoms with Crippen molar-refractivity contribution in [3.63, 3.8) is 0 Å². The van der Waals surface area contributed by atoms with E-state index in [2.05, 4.69) is 34.4 Å². The van der Waals surface area contributed by atoms with Crippen LogP contribution in [-0.2, 0) is 11.2 Å². The Morgan fingerprint density at radius 3 is 2.62 bits per heavy atom. The molecule has 184 valence electrons. The van der Waals surface area contributed by atoms with Crippen LogP contribution in [0.5, 0.6) is 0 Å². The van der Waals surface area contributed by atoms with E-state index in [1.807, 2.05) is 0 Å². The average molecular weight is 491 g/mol. The molecule has 3 heterocycles. The first kappa shape index (κ1) is 24.7. The zero-order valence-electron chi connectivity index (χ0n) is 19.6. The van der Waals surface area contributed by atoms with Crippen molar-refractivity contribution in [3.05, 3.63) is 35.4 Å². The summed E-state index contributed by atoms with van der Waals surface area (Å²) in [6, 6.07) is 6.17. The third kappa shape index (κ3) is 5.96. The second kappa shape index (κ2) is 10.9. The average Bonchev–Trinajstić information content (AvgIpc) is 2.77. The maximum atomic E-state index is 13.2. The van der Waals surface area contributed by atoms with Gasteiger partial charge in [-0.3, -0.25) is 0 Å². The summed E-state index contributed by atoms with van der Waals surface area (Å²) in [6.07, 6.45) is 1.33. The van der Waals surface area contributed by atoms with E-state index in [1.165, 1.54) is 18.3 Å². The van der Waals surface area contributed by atoms with Crippen LogP contribution < -0.4 is 15.5 Å². The third-order valence-corrected chi connectivity index (χ3v) is 7.64. The number of anilines is 4. The number of rotatable bonds is 9. The van der Waals surface area contributed by atoms with Gasteiger partial charge in [-0.25, -0.2) is 8.78 Å². The van der Waals surface area contributed by atoms with Crippen LogP contribution in [0.25, 0.3) is 0 Å². The van der Waals surface area contributed by atoms with Gasteiger partial charge >= 0.3 is 0 Å². The third-order valence-electron chi connectivity index (χ3n) is 6.25. The first-order chi connectivity index (χ1) is 16.3. The van der Waals surface area contributed by atoms with E-state index in [1.54, 1.807) is 12.1 Å². The summed E-state index contributed by atoms with van der Waals surface area (Å²) in [5.41, 5.74) is 0.926. The van der Waals surface area contributed by atoms with Crippen molar-refractivity contribution in [2.45, 2.75) is 45.6 Å². The minimum Gasteiger partial charge on any atom is -0.616 e. The Hall–Kier alpha value is -2.46. The van der Waals surface area contributed by atoms with Crippen LogP contribution in [0.4, 0.5) is 32.1 Å². The molecule has 2 aromatic rings. The number of nitrogens with zero attached hydrogens (tertiary/aromatic N) is 3. The topological polar surface area (TPSA) is 100.0 Å². The van der Waals surface area contributed by atoms with Gasteiger partial charge < -0.3 is 25.5 Å². The van der Waals surface area contributed by atoms with Crippen molar-refractivity contribution in [2.24, 2.45) is 11.8 Å². The molecule has 1 aromatic heterocycles. The summed E-state index contributed by atoms with van der Waals surface area (Å²) < 4.78 is 38.1. The molecular weight excluding hydrogens is 458 g/mol. The highest BCUT2D eigenvalue weighted by Crippen LogP contribution is 2.34. The Morgan fingerprint density at radius 1 is 1.24 bits per heavy atom. The molecule has 7 nitrogen and oxygen atoms in total. The number of alkyl halides is 2. The zero-order chi connectivity index (χ0) is 24.2. The van der Waals surface area contributed by atoms with E-state index in [4.69, 9.17) is 10.4 Å². The van der Waals surface area contributed by atoms with Gasteiger partial charge in [-0.1, -0.05) is 37.2 Å². The smallest absolute Gasteiger partial charge is 0.263 e. The van der Waals surface area contributed by atoms with E-state index in [0.717, 1.165) is 32.4 Å². The number of nitrogens with one attached hydrogen (secondary N) is 3. The summed E-state index contributed by atoms with van der Waals surface area (Å²) in [4.78, 5) is 11.5. The molecule has 2 fully saturated rings. The van der Waals surface area contributed by atoms with Gasteiger partial charge in [0.1, 0.15) is 23.1 Å². The van der Waals surface area contributed by atoms with E-state index >= 15 is 0 Å². The van der Waals surface area contributed by atoms with Crippen molar-refractivity contribution in [1.82, 2.24) is 9.97 Å². The highest BCUT2D eigenvalue weighted by Gasteiger charge is 2.31. The lowest BCUT2D eigenvalue weighted by Gasteiger charge is -2.42. The van der Waals surface area contributed by atoms with Crippen LogP contribution >= 0.6 is 0 Å². The van der Waals surface area contributed by atoms with Crippen LogP contribution in [0.15, 0.2) is 24.3 Å². The Bertz CT molecular complexity index is 993. The van der Waals surface area contributed by atoms with Crippen molar-refractivity contribution in [1.29, 1.82) is 5.41 Å². The zero-order valence-corrected chi connectivity index (χ0v) is 20.4. The van der Waals surface area contributed by atoms with E-state index in [0.29, 0.717) is 52.2 Å². The predicted molar refractivity (Wildman–Crippen MR) is 134 cm³/mol. The van der Waals surface area contributed by atoms with Crippen LogP contribution in [0.3, 0.4) is 0 Å². The van der Waals surface area contributed by atoms with Crippen LogP contribution in [0.2, 0.25) is 0 Å². The summed E-state index contributed by atoms with van der Waals surface area (Å²) in [6.45, 7) is 6.15. The van der Waals surface area contributed by atoms with Crippen LogP contribution in [0, 0.1) is 17.2 Å². The molecule has 0 unspecified atom stereocenters. The molecule has 0 saturated carbocycles. The van der Waals surface area contributed by atoms with Gasteiger partial charge in [-0.15, -0.1) is 0 Å². The van der Waals surface area contributed by atoms with Crippen LogP contribution in [-0.4, -0.2) is 51.4 Å². The first-order valence-electron chi connectivity index (χ1n) is 11.8. The second-order valence-corrected chi connectivity index (χ2v) is 11.2. The van der Waals surface area contributed by atoms with Crippen molar-refractivity contribution in [3.8, 4) is 0 Å². The lowest BCUT2D eigenvalue weighted by atomic mass is 9.90. The summed E-state index contributed by atoms with van der Waals surface area (Å²) in [7, 11) is 0. The van der Waals surface area contributed by atoms with Gasteiger partial charge in [0.2, 0.25) is 5.95 Å². The quantitative estimate of drug-likeness (QED) is 0.339. The molecule has 2 aliphatic heterocycles. The molecule has 0 radical (unpaired) electrons. The van der Waals surface area contributed by atoms with E-state index in [-0.39, 0.29) is 11.6 Å². The normalized spacial score (nSPS) is 21.0. The lowest BCUT2D eigenvalue weighted by Crippen LogP contribution is -2.48. The highest BCUT2D eigenvalue weighted by atomic mass is 32.2. The number of hydrogen-bond acceptors (Lipinski definition) is 7.